The van der Waals surface area contributed by atoms with Gasteiger partial charge in [0, 0.05) is 5.69 Å². The molecule has 0 aliphatic carbocycles. The summed E-state index contributed by atoms with van der Waals surface area (Å²) in [5, 5.41) is 8.94. The van der Waals surface area contributed by atoms with Gasteiger partial charge in [0.2, 0.25) is 10.0 Å². The number of rotatable bonds is 5. The first kappa shape index (κ1) is 14.6. The van der Waals surface area contributed by atoms with Crippen LogP contribution in [0.2, 0.25) is 0 Å². The third-order valence-electron chi connectivity index (χ3n) is 2.81. The van der Waals surface area contributed by atoms with Crippen molar-refractivity contribution in [3.8, 4) is 0 Å². The zero-order valence-electron chi connectivity index (χ0n) is 11.1. The fourth-order valence-electron chi connectivity index (χ4n) is 1.72. The summed E-state index contributed by atoms with van der Waals surface area (Å²) in [6.45, 7) is 1.89. The molecule has 0 aliphatic heterocycles. The molecule has 0 fully saturated rings. The minimum atomic E-state index is -3.57. The van der Waals surface area contributed by atoms with Crippen LogP contribution >= 0.6 is 0 Å². The minimum Gasteiger partial charge on any atom is -0.392 e. The minimum absolute atomic E-state index is 0.110. The van der Waals surface area contributed by atoms with E-state index in [0.717, 1.165) is 5.69 Å². The van der Waals surface area contributed by atoms with Crippen molar-refractivity contribution < 1.29 is 13.5 Å². The smallest absolute Gasteiger partial charge is 0.240 e. The Bertz CT molecular complexity index is 682. The number of aryl methyl sites for hydroxylation is 1. The van der Waals surface area contributed by atoms with Crippen molar-refractivity contribution in [2.24, 2.45) is 0 Å². The Morgan fingerprint density at radius 1 is 1.15 bits per heavy atom. The summed E-state index contributed by atoms with van der Waals surface area (Å²) in [6.07, 6.45) is 0. The molecule has 0 saturated heterocycles. The molecule has 0 atom stereocenters. The van der Waals surface area contributed by atoms with Gasteiger partial charge in [0.15, 0.2) is 0 Å². The molecule has 0 bridgehead atoms. The molecule has 0 radical (unpaired) electrons. The highest BCUT2D eigenvalue weighted by Gasteiger charge is 2.13. The van der Waals surface area contributed by atoms with Crippen molar-refractivity contribution >= 4 is 10.0 Å². The summed E-state index contributed by atoms with van der Waals surface area (Å²) in [5.74, 6) is 0. The van der Waals surface area contributed by atoms with Gasteiger partial charge in [0.25, 0.3) is 0 Å². The van der Waals surface area contributed by atoms with E-state index in [0.29, 0.717) is 11.3 Å². The van der Waals surface area contributed by atoms with Gasteiger partial charge < -0.3 is 5.11 Å². The Morgan fingerprint density at radius 2 is 1.85 bits per heavy atom. The number of nitrogens with one attached hydrogen (secondary N) is 1. The molecule has 5 nitrogen and oxygen atoms in total. The third kappa shape index (κ3) is 3.63. The Labute approximate surface area is 118 Å². The van der Waals surface area contributed by atoms with Gasteiger partial charge in [-0.1, -0.05) is 18.2 Å². The van der Waals surface area contributed by atoms with Crippen molar-refractivity contribution in [2.45, 2.75) is 25.0 Å². The van der Waals surface area contributed by atoms with Gasteiger partial charge in [-0.3, -0.25) is 4.98 Å². The van der Waals surface area contributed by atoms with E-state index in [-0.39, 0.29) is 18.0 Å². The van der Waals surface area contributed by atoms with Crippen LogP contribution in [0.1, 0.15) is 17.0 Å². The molecule has 20 heavy (non-hydrogen) atoms. The zero-order chi connectivity index (χ0) is 14.6. The lowest BCUT2D eigenvalue weighted by molar-refractivity contribution is 0.282. The maximum atomic E-state index is 12.1. The molecular weight excluding hydrogens is 276 g/mol. The Balaban J connectivity index is 2.10. The molecule has 2 aromatic rings. The molecule has 1 aromatic heterocycles. The van der Waals surface area contributed by atoms with Crippen LogP contribution in [0.15, 0.2) is 47.4 Å². The molecule has 0 saturated carbocycles. The second kappa shape index (κ2) is 6.13. The molecule has 106 valence electrons. The summed E-state index contributed by atoms with van der Waals surface area (Å²) >= 11 is 0. The molecule has 2 N–H and O–H groups in total. The first-order valence-corrected chi connectivity index (χ1v) is 7.61. The van der Waals surface area contributed by atoms with Crippen LogP contribution in [-0.4, -0.2) is 18.5 Å². The lowest BCUT2D eigenvalue weighted by Crippen LogP contribution is -2.23. The molecule has 0 amide bonds. The van der Waals surface area contributed by atoms with E-state index in [1.165, 1.54) is 12.1 Å². The topological polar surface area (TPSA) is 79.3 Å². The first-order valence-electron chi connectivity index (χ1n) is 6.13. The second-order valence-electron chi connectivity index (χ2n) is 4.40. The van der Waals surface area contributed by atoms with Crippen molar-refractivity contribution in [1.29, 1.82) is 0 Å². The summed E-state index contributed by atoms with van der Waals surface area (Å²) in [7, 11) is -3.57. The monoisotopic (exact) mass is 292 g/mol. The van der Waals surface area contributed by atoms with Crippen molar-refractivity contribution in [1.82, 2.24) is 9.71 Å². The van der Waals surface area contributed by atoms with E-state index in [9.17, 15) is 8.42 Å². The predicted molar refractivity (Wildman–Crippen MR) is 75.4 cm³/mol. The highest BCUT2D eigenvalue weighted by atomic mass is 32.2. The van der Waals surface area contributed by atoms with E-state index >= 15 is 0 Å². The molecule has 0 aliphatic rings. The standard InChI is InChI=1S/C14H16N2O3S/c1-11-3-2-4-13(16-11)9-15-20(18,19)14-7-5-12(10-17)6-8-14/h2-8,15,17H,9-10H2,1H3. The van der Waals surface area contributed by atoms with Gasteiger partial charge in [0.1, 0.15) is 0 Å². The van der Waals surface area contributed by atoms with Crippen LogP contribution in [0.5, 0.6) is 0 Å². The van der Waals surface area contributed by atoms with Gasteiger partial charge in [-0.2, -0.15) is 0 Å². The lowest BCUT2D eigenvalue weighted by Gasteiger charge is -2.07. The maximum Gasteiger partial charge on any atom is 0.240 e. The first-order chi connectivity index (χ1) is 9.51. The van der Waals surface area contributed by atoms with Crippen molar-refractivity contribution in [2.75, 3.05) is 0 Å². The van der Waals surface area contributed by atoms with Crippen LogP contribution in [0.25, 0.3) is 0 Å². The quantitative estimate of drug-likeness (QED) is 0.872. The molecule has 1 aromatic carbocycles. The molecule has 6 heteroatoms. The average molecular weight is 292 g/mol. The Morgan fingerprint density at radius 3 is 2.45 bits per heavy atom. The third-order valence-corrected chi connectivity index (χ3v) is 4.22. The zero-order valence-corrected chi connectivity index (χ0v) is 11.9. The lowest BCUT2D eigenvalue weighted by atomic mass is 10.2. The van der Waals surface area contributed by atoms with Crippen molar-refractivity contribution in [3.05, 3.63) is 59.4 Å². The predicted octanol–water partition coefficient (Wildman–Crippen LogP) is 1.36. The SMILES string of the molecule is Cc1cccc(CNS(=O)(=O)c2ccc(CO)cc2)n1. The summed E-state index contributed by atoms with van der Waals surface area (Å²) < 4.78 is 26.7. The molecule has 2 rings (SSSR count). The van der Waals surface area contributed by atoms with E-state index < -0.39 is 10.0 Å². The van der Waals surface area contributed by atoms with Gasteiger partial charge in [-0.25, -0.2) is 13.1 Å². The number of aromatic nitrogens is 1. The molecular formula is C14H16N2O3S. The van der Waals surface area contributed by atoms with Crippen LogP contribution in [-0.2, 0) is 23.2 Å². The fourth-order valence-corrected chi connectivity index (χ4v) is 2.72. The number of hydrogen-bond donors (Lipinski definition) is 2. The molecule has 0 unspecified atom stereocenters. The van der Waals surface area contributed by atoms with Gasteiger partial charge in [-0.15, -0.1) is 0 Å². The number of sulfonamides is 1. The number of pyridine rings is 1. The van der Waals surface area contributed by atoms with Crippen LogP contribution in [0.3, 0.4) is 0 Å². The number of hydrogen-bond acceptors (Lipinski definition) is 4. The van der Waals surface area contributed by atoms with E-state index in [2.05, 4.69) is 9.71 Å². The number of aliphatic hydroxyl groups is 1. The van der Waals surface area contributed by atoms with Gasteiger partial charge >= 0.3 is 0 Å². The Hall–Kier alpha value is -1.76. The fraction of sp³-hybridized carbons (Fsp3) is 0.214. The van der Waals surface area contributed by atoms with Gasteiger partial charge in [-0.05, 0) is 36.8 Å². The largest absolute Gasteiger partial charge is 0.392 e. The normalized spacial score (nSPS) is 11.5. The van der Waals surface area contributed by atoms with E-state index in [1.807, 2.05) is 19.1 Å². The molecule has 1 heterocycles. The summed E-state index contributed by atoms with van der Waals surface area (Å²) in [4.78, 5) is 4.41. The second-order valence-corrected chi connectivity index (χ2v) is 6.16. The van der Waals surface area contributed by atoms with Gasteiger partial charge in [0.05, 0.1) is 23.7 Å². The van der Waals surface area contributed by atoms with E-state index in [1.54, 1.807) is 18.2 Å². The number of aliphatic hydroxyl groups excluding tert-OH is 1. The maximum absolute atomic E-state index is 12.1. The van der Waals surface area contributed by atoms with Crippen LogP contribution in [0, 0.1) is 6.92 Å². The Kier molecular flexibility index (Phi) is 4.49. The van der Waals surface area contributed by atoms with E-state index in [4.69, 9.17) is 5.11 Å². The van der Waals surface area contributed by atoms with Crippen molar-refractivity contribution in [3.63, 3.8) is 0 Å². The highest BCUT2D eigenvalue weighted by molar-refractivity contribution is 7.89. The van der Waals surface area contributed by atoms with Crippen LogP contribution < -0.4 is 4.72 Å². The summed E-state index contributed by atoms with van der Waals surface area (Å²) in [6, 6.07) is 11.6. The number of nitrogens with zero attached hydrogens (tertiary/aromatic N) is 1. The molecule has 0 spiro atoms. The summed E-state index contributed by atoms with van der Waals surface area (Å²) in [5.41, 5.74) is 2.18. The van der Waals surface area contributed by atoms with Crippen LogP contribution in [0.4, 0.5) is 0 Å². The average Bonchev–Trinajstić information content (AvgIpc) is 2.45. The highest BCUT2D eigenvalue weighted by Crippen LogP contribution is 2.11. The number of benzene rings is 1.